The molecule has 0 aliphatic rings. The largest absolute Gasteiger partial charge is 0.489 e. The summed E-state index contributed by atoms with van der Waals surface area (Å²) < 4.78 is 6.30. The Morgan fingerprint density at radius 1 is 0.935 bits per heavy atom. The molecule has 0 heterocycles. The van der Waals surface area contributed by atoms with Crippen molar-refractivity contribution >= 4 is 22.6 Å². The van der Waals surface area contributed by atoms with Gasteiger partial charge in [-0.15, -0.1) is 0 Å². The molecule has 1 amide bonds. The summed E-state index contributed by atoms with van der Waals surface area (Å²) >= 11 is 0. The molecule has 0 bridgehead atoms. The molecular formula is C26H29NO4. The smallest absolute Gasteiger partial charge is 0.326 e. The zero-order valence-electron chi connectivity index (χ0n) is 18.2. The Morgan fingerprint density at radius 3 is 2.29 bits per heavy atom. The van der Waals surface area contributed by atoms with E-state index in [-0.39, 0.29) is 12.0 Å². The number of aliphatic carboxylic acids is 1. The third-order valence-corrected chi connectivity index (χ3v) is 5.34. The Hall–Kier alpha value is -3.34. The predicted molar refractivity (Wildman–Crippen MR) is 123 cm³/mol. The molecule has 3 rings (SSSR count). The second kappa shape index (κ2) is 10.1. The lowest BCUT2D eigenvalue weighted by atomic mass is 10.0. The Labute approximate surface area is 183 Å². The number of fused-ring (bicyclic) bond motifs is 1. The summed E-state index contributed by atoms with van der Waals surface area (Å²) in [6.07, 6.45) is 1.53. The van der Waals surface area contributed by atoms with E-state index in [9.17, 15) is 14.7 Å². The van der Waals surface area contributed by atoms with E-state index in [0.717, 1.165) is 23.6 Å². The number of ether oxygens (including phenoxy) is 1. The molecule has 0 aliphatic carbocycles. The fraction of sp³-hybridized carbons (Fsp3) is 0.308. The van der Waals surface area contributed by atoms with E-state index in [1.807, 2.05) is 55.5 Å². The van der Waals surface area contributed by atoms with Crippen molar-refractivity contribution in [3.8, 4) is 5.75 Å². The van der Waals surface area contributed by atoms with Gasteiger partial charge in [-0.05, 0) is 42.7 Å². The molecule has 0 aliphatic heterocycles. The number of carbonyl (C=O) groups is 2. The van der Waals surface area contributed by atoms with Crippen molar-refractivity contribution in [3.63, 3.8) is 0 Å². The molecule has 5 nitrogen and oxygen atoms in total. The first-order valence-electron chi connectivity index (χ1n) is 10.6. The van der Waals surface area contributed by atoms with E-state index in [1.165, 1.54) is 5.56 Å². The number of hydrogen-bond donors (Lipinski definition) is 2. The molecule has 3 aromatic carbocycles. The average Bonchev–Trinajstić information content (AvgIpc) is 2.76. The van der Waals surface area contributed by atoms with Crippen LogP contribution in [-0.4, -0.2) is 29.1 Å². The zero-order chi connectivity index (χ0) is 22.4. The van der Waals surface area contributed by atoms with E-state index in [2.05, 4.69) is 17.4 Å². The van der Waals surface area contributed by atoms with Crippen LogP contribution in [0.25, 0.3) is 10.8 Å². The minimum absolute atomic E-state index is 0.127. The molecule has 31 heavy (non-hydrogen) atoms. The number of carboxylic acid groups (broad SMARTS) is 1. The van der Waals surface area contributed by atoms with Crippen LogP contribution in [0, 0.1) is 5.92 Å². The number of rotatable bonds is 9. The van der Waals surface area contributed by atoms with Crippen molar-refractivity contribution in [2.75, 3.05) is 0 Å². The summed E-state index contributed by atoms with van der Waals surface area (Å²) in [6, 6.07) is 20.5. The van der Waals surface area contributed by atoms with Gasteiger partial charge in [0.05, 0.1) is 11.7 Å². The average molecular weight is 420 g/mol. The highest BCUT2D eigenvalue weighted by atomic mass is 16.5. The van der Waals surface area contributed by atoms with Crippen LogP contribution in [-0.2, 0) is 11.2 Å². The SMILES string of the molecule is CC(CCc1ccccc1)Oc1c(C(=O)N[C@@H](C(=O)O)C(C)C)ccc2ccccc12. The molecule has 0 radical (unpaired) electrons. The van der Waals surface area contributed by atoms with Gasteiger partial charge in [0.15, 0.2) is 0 Å². The van der Waals surface area contributed by atoms with Gasteiger partial charge in [-0.25, -0.2) is 4.79 Å². The minimum Gasteiger partial charge on any atom is -0.489 e. The van der Waals surface area contributed by atoms with E-state index in [0.29, 0.717) is 11.3 Å². The standard InChI is InChI=1S/C26H29NO4/c1-17(2)23(26(29)30)27-25(28)22-16-15-20-11-7-8-12-21(20)24(22)31-18(3)13-14-19-9-5-4-6-10-19/h4-12,15-18,23H,13-14H2,1-3H3,(H,27,28)(H,29,30)/t18?,23-/m1/s1. The quantitative estimate of drug-likeness (QED) is 0.507. The van der Waals surface area contributed by atoms with Crippen molar-refractivity contribution in [1.82, 2.24) is 5.32 Å². The fourth-order valence-electron chi connectivity index (χ4n) is 3.56. The molecule has 0 fully saturated rings. The molecule has 2 N–H and O–H groups in total. The Balaban J connectivity index is 1.87. The molecule has 0 saturated heterocycles. The summed E-state index contributed by atoms with van der Waals surface area (Å²) in [5.74, 6) is -1.25. The van der Waals surface area contributed by atoms with Crippen LogP contribution in [0.4, 0.5) is 0 Å². The Kier molecular flexibility index (Phi) is 7.29. The van der Waals surface area contributed by atoms with Gasteiger partial charge < -0.3 is 15.2 Å². The highest BCUT2D eigenvalue weighted by Crippen LogP contribution is 2.31. The van der Waals surface area contributed by atoms with Crippen molar-refractivity contribution in [3.05, 3.63) is 77.9 Å². The van der Waals surface area contributed by atoms with Crippen molar-refractivity contribution in [2.24, 2.45) is 5.92 Å². The third-order valence-electron chi connectivity index (χ3n) is 5.34. The van der Waals surface area contributed by atoms with Gasteiger partial charge in [-0.1, -0.05) is 74.5 Å². The maximum atomic E-state index is 13.0. The van der Waals surface area contributed by atoms with Crippen LogP contribution in [0.5, 0.6) is 5.75 Å². The van der Waals surface area contributed by atoms with Crippen LogP contribution in [0.2, 0.25) is 0 Å². The summed E-state index contributed by atoms with van der Waals surface area (Å²) in [4.78, 5) is 24.6. The van der Waals surface area contributed by atoms with Crippen LogP contribution in [0.1, 0.15) is 43.1 Å². The van der Waals surface area contributed by atoms with E-state index in [1.54, 1.807) is 19.9 Å². The number of carbonyl (C=O) groups excluding carboxylic acids is 1. The van der Waals surface area contributed by atoms with Crippen molar-refractivity contribution < 1.29 is 19.4 Å². The number of amides is 1. The maximum Gasteiger partial charge on any atom is 0.326 e. The van der Waals surface area contributed by atoms with Gasteiger partial charge in [0.1, 0.15) is 11.8 Å². The molecule has 0 spiro atoms. The molecule has 0 aromatic heterocycles. The van der Waals surface area contributed by atoms with Crippen LogP contribution in [0.3, 0.4) is 0 Å². The normalized spacial score (nSPS) is 13.0. The van der Waals surface area contributed by atoms with Crippen LogP contribution in [0.15, 0.2) is 66.7 Å². The first-order chi connectivity index (χ1) is 14.9. The second-order valence-corrected chi connectivity index (χ2v) is 8.15. The van der Waals surface area contributed by atoms with Gasteiger partial charge in [0.2, 0.25) is 0 Å². The van der Waals surface area contributed by atoms with Crippen LogP contribution >= 0.6 is 0 Å². The van der Waals surface area contributed by atoms with Gasteiger partial charge in [0, 0.05) is 5.39 Å². The predicted octanol–water partition coefficient (Wildman–Crippen LogP) is 5.08. The number of hydrogen-bond acceptors (Lipinski definition) is 3. The number of aryl methyl sites for hydroxylation is 1. The molecule has 5 heteroatoms. The first-order valence-corrected chi connectivity index (χ1v) is 10.6. The van der Waals surface area contributed by atoms with Crippen molar-refractivity contribution in [2.45, 2.75) is 45.8 Å². The van der Waals surface area contributed by atoms with Crippen molar-refractivity contribution in [1.29, 1.82) is 0 Å². The summed E-state index contributed by atoms with van der Waals surface area (Å²) in [5.41, 5.74) is 1.58. The summed E-state index contributed by atoms with van der Waals surface area (Å²) in [6.45, 7) is 5.52. The topological polar surface area (TPSA) is 75.6 Å². The second-order valence-electron chi connectivity index (χ2n) is 8.15. The Morgan fingerprint density at radius 2 is 1.61 bits per heavy atom. The lowest BCUT2D eigenvalue weighted by Crippen LogP contribution is -2.44. The highest BCUT2D eigenvalue weighted by molar-refractivity contribution is 6.04. The molecule has 0 saturated carbocycles. The molecule has 2 atom stereocenters. The van der Waals surface area contributed by atoms with Gasteiger partial charge in [-0.2, -0.15) is 0 Å². The van der Waals surface area contributed by atoms with Gasteiger partial charge in [-0.3, -0.25) is 4.79 Å². The van der Waals surface area contributed by atoms with E-state index < -0.39 is 17.9 Å². The zero-order valence-corrected chi connectivity index (χ0v) is 18.2. The number of carboxylic acids is 1. The fourth-order valence-corrected chi connectivity index (χ4v) is 3.56. The monoisotopic (exact) mass is 419 g/mol. The van der Waals surface area contributed by atoms with E-state index >= 15 is 0 Å². The Bertz CT molecular complexity index is 1050. The lowest BCUT2D eigenvalue weighted by molar-refractivity contribution is -0.140. The number of benzene rings is 3. The summed E-state index contributed by atoms with van der Waals surface area (Å²) in [7, 11) is 0. The third kappa shape index (κ3) is 5.63. The molecule has 3 aromatic rings. The number of nitrogens with one attached hydrogen (secondary N) is 1. The minimum atomic E-state index is -1.05. The highest BCUT2D eigenvalue weighted by Gasteiger charge is 2.26. The molecule has 1 unspecified atom stereocenters. The van der Waals surface area contributed by atoms with Crippen LogP contribution < -0.4 is 10.1 Å². The summed E-state index contributed by atoms with van der Waals surface area (Å²) in [5, 5.41) is 13.9. The molecule has 162 valence electrons. The first kappa shape index (κ1) is 22.3. The van der Waals surface area contributed by atoms with Gasteiger partial charge in [0.25, 0.3) is 5.91 Å². The van der Waals surface area contributed by atoms with Gasteiger partial charge >= 0.3 is 5.97 Å². The molecular weight excluding hydrogens is 390 g/mol. The van der Waals surface area contributed by atoms with E-state index in [4.69, 9.17) is 4.74 Å². The lowest BCUT2D eigenvalue weighted by Gasteiger charge is -2.22. The maximum absolute atomic E-state index is 13.0.